The van der Waals surface area contributed by atoms with Gasteiger partial charge in [0.25, 0.3) is 0 Å². The van der Waals surface area contributed by atoms with Crippen LogP contribution in [0.2, 0.25) is 0 Å². The molecule has 29 heavy (non-hydrogen) atoms. The molecule has 148 valence electrons. The van der Waals surface area contributed by atoms with Gasteiger partial charge in [-0.1, -0.05) is 17.8 Å². The molecule has 1 aliphatic carbocycles. The molecule has 1 fully saturated rings. The fourth-order valence-corrected chi connectivity index (χ4v) is 4.56. The Morgan fingerprint density at radius 3 is 2.69 bits per heavy atom. The second kappa shape index (κ2) is 7.91. The smallest absolute Gasteiger partial charge is 0.191 e. The molecule has 0 saturated heterocycles. The van der Waals surface area contributed by atoms with Crippen LogP contribution in [0.15, 0.2) is 60.0 Å². The van der Waals surface area contributed by atoms with Crippen molar-refractivity contribution in [2.24, 2.45) is 7.05 Å². The Hall–Kier alpha value is -2.80. The fraction of sp³-hybridized carbons (Fsp3) is 0.318. The van der Waals surface area contributed by atoms with E-state index in [1.165, 1.54) is 12.8 Å². The normalized spacial score (nSPS) is 14.7. The lowest BCUT2D eigenvalue weighted by molar-refractivity contribution is 0.210. The average Bonchev–Trinajstić information content (AvgIpc) is 3.47. The Morgan fingerprint density at radius 2 is 1.90 bits per heavy atom. The molecule has 0 aliphatic heterocycles. The number of aromatic nitrogens is 5. The summed E-state index contributed by atoms with van der Waals surface area (Å²) in [4.78, 5) is 4.64. The molecule has 5 rings (SSSR count). The van der Waals surface area contributed by atoms with Crippen molar-refractivity contribution in [2.45, 2.75) is 42.7 Å². The fourth-order valence-electron chi connectivity index (χ4n) is 3.77. The van der Waals surface area contributed by atoms with Crippen LogP contribution in [-0.4, -0.2) is 30.3 Å². The zero-order valence-electron chi connectivity index (χ0n) is 16.4. The van der Waals surface area contributed by atoms with Gasteiger partial charge in [0, 0.05) is 30.8 Å². The molecule has 0 bridgehead atoms. The van der Waals surface area contributed by atoms with E-state index in [1.807, 2.05) is 52.5 Å². The standard InChI is InChI=1S/C22H23N5OS/c1-26-21(16-9-11-19(12-10-16)28-18-6-2-3-7-18)24-25-22(26)29-15-17-14-27-13-5-4-8-20(27)23-17/h4-5,8-14,18H,2-3,6-7,15H2,1H3. The Morgan fingerprint density at radius 1 is 1.07 bits per heavy atom. The summed E-state index contributed by atoms with van der Waals surface area (Å²) in [6, 6.07) is 14.2. The summed E-state index contributed by atoms with van der Waals surface area (Å²) in [6.45, 7) is 0. The van der Waals surface area contributed by atoms with E-state index in [0.29, 0.717) is 6.10 Å². The molecule has 4 aromatic rings. The largest absolute Gasteiger partial charge is 0.490 e. The van der Waals surface area contributed by atoms with Gasteiger partial charge < -0.3 is 13.7 Å². The van der Waals surface area contributed by atoms with E-state index in [9.17, 15) is 0 Å². The molecular weight excluding hydrogens is 382 g/mol. The summed E-state index contributed by atoms with van der Waals surface area (Å²) in [6.07, 6.45) is 9.32. The molecule has 0 unspecified atom stereocenters. The minimum atomic E-state index is 0.373. The van der Waals surface area contributed by atoms with Crippen LogP contribution >= 0.6 is 11.8 Å². The van der Waals surface area contributed by atoms with Gasteiger partial charge in [0.2, 0.25) is 0 Å². The topological polar surface area (TPSA) is 57.2 Å². The highest BCUT2D eigenvalue weighted by Crippen LogP contribution is 2.28. The van der Waals surface area contributed by atoms with Crippen molar-refractivity contribution in [3.8, 4) is 17.1 Å². The number of hydrogen-bond acceptors (Lipinski definition) is 5. The first-order valence-corrected chi connectivity index (χ1v) is 11.0. The maximum atomic E-state index is 6.06. The van der Waals surface area contributed by atoms with Crippen molar-refractivity contribution in [1.29, 1.82) is 0 Å². The molecule has 0 N–H and O–H groups in total. The average molecular weight is 406 g/mol. The van der Waals surface area contributed by atoms with Gasteiger partial charge in [-0.3, -0.25) is 0 Å². The molecule has 1 aromatic carbocycles. The summed E-state index contributed by atoms with van der Waals surface area (Å²) in [5, 5.41) is 9.65. The highest BCUT2D eigenvalue weighted by atomic mass is 32.2. The summed E-state index contributed by atoms with van der Waals surface area (Å²) in [5.74, 6) is 2.54. The highest BCUT2D eigenvalue weighted by molar-refractivity contribution is 7.98. The van der Waals surface area contributed by atoms with Crippen LogP contribution in [0.25, 0.3) is 17.0 Å². The molecule has 3 aromatic heterocycles. The minimum absolute atomic E-state index is 0.373. The quantitative estimate of drug-likeness (QED) is 0.434. The van der Waals surface area contributed by atoms with E-state index in [2.05, 4.69) is 33.5 Å². The monoisotopic (exact) mass is 405 g/mol. The maximum absolute atomic E-state index is 6.06. The van der Waals surface area contributed by atoms with Gasteiger partial charge in [-0.15, -0.1) is 10.2 Å². The van der Waals surface area contributed by atoms with Crippen LogP contribution in [0.5, 0.6) is 5.75 Å². The van der Waals surface area contributed by atoms with Crippen LogP contribution < -0.4 is 4.74 Å². The van der Waals surface area contributed by atoms with Crippen LogP contribution in [-0.2, 0) is 12.8 Å². The lowest BCUT2D eigenvalue weighted by Gasteiger charge is -2.13. The molecule has 1 saturated carbocycles. The number of rotatable bonds is 6. The van der Waals surface area contributed by atoms with Crippen LogP contribution in [0, 0.1) is 0 Å². The van der Waals surface area contributed by atoms with E-state index in [4.69, 9.17) is 4.74 Å². The summed E-state index contributed by atoms with van der Waals surface area (Å²) in [7, 11) is 2.00. The Balaban J connectivity index is 1.27. The number of benzene rings is 1. The second-order valence-electron chi connectivity index (χ2n) is 7.40. The SMILES string of the molecule is Cn1c(SCc2cn3ccccc3n2)nnc1-c1ccc(OC2CCCC2)cc1. The van der Waals surface area contributed by atoms with Gasteiger partial charge in [0.05, 0.1) is 11.8 Å². The third-order valence-corrected chi connectivity index (χ3v) is 6.37. The lowest BCUT2D eigenvalue weighted by Crippen LogP contribution is -2.10. The van der Waals surface area contributed by atoms with Gasteiger partial charge in [-0.2, -0.15) is 0 Å². The van der Waals surface area contributed by atoms with Gasteiger partial charge in [0.1, 0.15) is 11.4 Å². The first-order valence-electron chi connectivity index (χ1n) is 9.98. The molecule has 6 nitrogen and oxygen atoms in total. The number of pyridine rings is 1. The number of thioether (sulfide) groups is 1. The minimum Gasteiger partial charge on any atom is -0.490 e. The molecule has 7 heteroatoms. The van der Waals surface area contributed by atoms with Crippen LogP contribution in [0.4, 0.5) is 0 Å². The first-order chi connectivity index (χ1) is 14.3. The molecule has 0 amide bonds. The third kappa shape index (κ3) is 3.87. The second-order valence-corrected chi connectivity index (χ2v) is 8.34. The maximum Gasteiger partial charge on any atom is 0.191 e. The van der Waals surface area contributed by atoms with E-state index in [1.54, 1.807) is 11.8 Å². The number of fused-ring (bicyclic) bond motifs is 1. The van der Waals surface area contributed by atoms with Crippen molar-refractivity contribution >= 4 is 17.4 Å². The van der Waals surface area contributed by atoms with Gasteiger partial charge >= 0.3 is 0 Å². The summed E-state index contributed by atoms with van der Waals surface area (Å²) in [5.41, 5.74) is 3.03. The zero-order valence-corrected chi connectivity index (χ0v) is 17.2. The van der Waals surface area contributed by atoms with Gasteiger partial charge in [0.15, 0.2) is 11.0 Å². The van der Waals surface area contributed by atoms with E-state index in [-0.39, 0.29) is 0 Å². The van der Waals surface area contributed by atoms with Crippen LogP contribution in [0.3, 0.4) is 0 Å². The number of ether oxygens (including phenoxy) is 1. The highest BCUT2D eigenvalue weighted by Gasteiger charge is 2.17. The van der Waals surface area contributed by atoms with Crippen molar-refractivity contribution < 1.29 is 4.74 Å². The van der Waals surface area contributed by atoms with E-state index >= 15 is 0 Å². The summed E-state index contributed by atoms with van der Waals surface area (Å²) >= 11 is 1.64. The lowest BCUT2D eigenvalue weighted by atomic mass is 10.2. The van der Waals surface area contributed by atoms with Crippen molar-refractivity contribution in [2.75, 3.05) is 0 Å². The molecular formula is C22H23N5OS. The third-order valence-electron chi connectivity index (χ3n) is 5.32. The number of imidazole rings is 1. The Bertz CT molecular complexity index is 1080. The number of hydrogen-bond donors (Lipinski definition) is 0. The number of nitrogens with zero attached hydrogens (tertiary/aromatic N) is 5. The first kappa shape index (κ1) is 18.2. The Labute approximate surface area is 173 Å². The molecule has 0 radical (unpaired) electrons. The predicted molar refractivity (Wildman–Crippen MR) is 114 cm³/mol. The van der Waals surface area contributed by atoms with Gasteiger partial charge in [-0.05, 0) is 62.1 Å². The van der Waals surface area contributed by atoms with E-state index in [0.717, 1.165) is 52.2 Å². The summed E-state index contributed by atoms with van der Waals surface area (Å²) < 4.78 is 10.1. The molecule has 0 spiro atoms. The van der Waals surface area contributed by atoms with E-state index < -0.39 is 0 Å². The van der Waals surface area contributed by atoms with Crippen LogP contribution in [0.1, 0.15) is 31.4 Å². The molecule has 1 aliphatic rings. The molecule has 0 atom stereocenters. The Kier molecular flexibility index (Phi) is 4.97. The van der Waals surface area contributed by atoms with Crippen molar-refractivity contribution in [1.82, 2.24) is 24.1 Å². The van der Waals surface area contributed by atoms with Crippen molar-refractivity contribution in [3.63, 3.8) is 0 Å². The van der Waals surface area contributed by atoms with Gasteiger partial charge in [-0.25, -0.2) is 4.98 Å². The molecule has 3 heterocycles. The zero-order chi connectivity index (χ0) is 19.6. The predicted octanol–water partition coefficient (Wildman–Crippen LogP) is 4.74. The van der Waals surface area contributed by atoms with Crippen molar-refractivity contribution in [3.05, 3.63) is 60.6 Å².